The van der Waals surface area contributed by atoms with Crippen molar-refractivity contribution in [2.45, 2.75) is 57.8 Å². The molecule has 0 radical (unpaired) electrons. The van der Waals surface area contributed by atoms with Gasteiger partial charge in [-0.25, -0.2) is 4.39 Å². The highest BCUT2D eigenvalue weighted by atomic mass is 32.2. The van der Waals surface area contributed by atoms with E-state index in [0.717, 1.165) is 5.56 Å². The maximum Gasteiger partial charge on any atom is 0.243 e. The predicted molar refractivity (Wildman–Crippen MR) is 148 cm³/mol. The van der Waals surface area contributed by atoms with Gasteiger partial charge in [0.2, 0.25) is 24.1 Å². The first-order chi connectivity index (χ1) is 18.2. The van der Waals surface area contributed by atoms with Gasteiger partial charge >= 0.3 is 0 Å². The van der Waals surface area contributed by atoms with Gasteiger partial charge in [0.1, 0.15) is 23.9 Å². The average molecular weight is 545 g/mol. The Bertz CT molecular complexity index is 1050. The van der Waals surface area contributed by atoms with Gasteiger partial charge in [-0.2, -0.15) is 11.8 Å². The summed E-state index contributed by atoms with van der Waals surface area (Å²) < 4.78 is 14.1. The lowest BCUT2D eigenvalue weighted by atomic mass is 10.0. The number of nitrogens with one attached hydrogen (secondary N) is 4. The molecule has 0 aliphatic rings. The van der Waals surface area contributed by atoms with Crippen LogP contribution >= 0.6 is 11.8 Å². The zero-order chi connectivity index (χ0) is 27.9. The molecule has 0 aliphatic heterocycles. The van der Waals surface area contributed by atoms with Crippen LogP contribution in [0.1, 0.15) is 37.8 Å². The molecular formula is C28H37FN4O4S. The first-order valence-corrected chi connectivity index (χ1v) is 14.0. The van der Waals surface area contributed by atoms with Crippen LogP contribution in [0.5, 0.6) is 0 Å². The topological polar surface area (TPSA) is 116 Å². The van der Waals surface area contributed by atoms with Crippen molar-refractivity contribution >= 4 is 35.9 Å². The largest absolute Gasteiger partial charge is 0.350 e. The second-order valence-electron chi connectivity index (χ2n) is 9.37. The van der Waals surface area contributed by atoms with Crippen LogP contribution in [0.2, 0.25) is 0 Å². The number of hydrogen-bond donors (Lipinski definition) is 4. The summed E-state index contributed by atoms with van der Waals surface area (Å²) in [6.07, 6.45) is 3.33. The molecule has 4 amide bonds. The molecule has 38 heavy (non-hydrogen) atoms. The molecule has 0 fully saturated rings. The average Bonchev–Trinajstić information content (AvgIpc) is 2.89. The minimum absolute atomic E-state index is 0.0344. The number of carbonyl (C=O) groups is 4. The Morgan fingerprint density at radius 1 is 0.895 bits per heavy atom. The maximum absolute atomic E-state index is 14.1. The second-order valence-corrected chi connectivity index (χ2v) is 10.4. The smallest absolute Gasteiger partial charge is 0.243 e. The molecule has 3 unspecified atom stereocenters. The minimum atomic E-state index is -0.955. The lowest BCUT2D eigenvalue weighted by Gasteiger charge is -2.26. The van der Waals surface area contributed by atoms with E-state index in [0.29, 0.717) is 30.6 Å². The molecule has 0 spiro atoms. The van der Waals surface area contributed by atoms with Gasteiger partial charge in [0, 0.05) is 18.5 Å². The Balaban J connectivity index is 2.19. The Morgan fingerprint density at radius 2 is 1.53 bits per heavy atom. The third-order valence-corrected chi connectivity index (χ3v) is 6.51. The molecule has 0 bridgehead atoms. The van der Waals surface area contributed by atoms with Gasteiger partial charge in [-0.05, 0) is 42.4 Å². The molecule has 2 rings (SSSR count). The number of hydrogen-bond acceptors (Lipinski definition) is 5. The number of halogens is 1. The van der Waals surface area contributed by atoms with Crippen molar-refractivity contribution < 1.29 is 23.6 Å². The van der Waals surface area contributed by atoms with E-state index >= 15 is 0 Å². The van der Waals surface area contributed by atoms with Gasteiger partial charge in [0.05, 0.1) is 0 Å². The number of rotatable bonds is 16. The summed E-state index contributed by atoms with van der Waals surface area (Å²) in [5.41, 5.74) is 1.16. The molecule has 2 aromatic carbocycles. The molecule has 0 aliphatic carbocycles. The predicted octanol–water partition coefficient (Wildman–Crippen LogP) is 2.57. The Morgan fingerprint density at radius 3 is 2.16 bits per heavy atom. The fourth-order valence-corrected chi connectivity index (χ4v) is 4.33. The molecule has 10 heteroatoms. The van der Waals surface area contributed by atoms with Gasteiger partial charge in [0.25, 0.3) is 0 Å². The van der Waals surface area contributed by atoms with Gasteiger partial charge < -0.3 is 21.3 Å². The third-order valence-electron chi connectivity index (χ3n) is 5.86. The number of carbonyl (C=O) groups excluding carboxylic acids is 4. The summed E-state index contributed by atoms with van der Waals surface area (Å²) in [6, 6.07) is 12.7. The standard InChI is InChI=1S/C28H37FN4O4S/c1-19(2)15-24(32-27(36)23(31-18-34)13-14-38-3)28(37)33-25(16-20-9-5-4-6-10-20)26(35)30-17-21-11-7-8-12-22(21)29/h4-12,18-19,23-25H,13-17H2,1-3H3,(H,30,35)(H,31,34)(H,32,36)(H,33,37). The third kappa shape index (κ3) is 10.5. The van der Waals surface area contributed by atoms with Crippen LogP contribution in [0.3, 0.4) is 0 Å². The molecule has 206 valence electrons. The molecule has 0 saturated heterocycles. The molecule has 3 atom stereocenters. The van der Waals surface area contributed by atoms with E-state index in [1.807, 2.05) is 50.4 Å². The molecule has 0 saturated carbocycles. The van der Waals surface area contributed by atoms with Crippen molar-refractivity contribution in [1.29, 1.82) is 0 Å². The van der Waals surface area contributed by atoms with Crippen LogP contribution < -0.4 is 21.3 Å². The van der Waals surface area contributed by atoms with Gasteiger partial charge in [0.15, 0.2) is 0 Å². The van der Waals surface area contributed by atoms with Crippen LogP contribution in [-0.4, -0.2) is 54.3 Å². The van der Waals surface area contributed by atoms with E-state index in [9.17, 15) is 23.6 Å². The summed E-state index contributed by atoms with van der Waals surface area (Å²) in [4.78, 5) is 50.5. The van der Waals surface area contributed by atoms with Crippen LogP contribution in [0.15, 0.2) is 54.6 Å². The molecular weight excluding hydrogens is 507 g/mol. The van der Waals surface area contributed by atoms with E-state index < -0.39 is 41.7 Å². The van der Waals surface area contributed by atoms with E-state index in [4.69, 9.17) is 0 Å². The zero-order valence-electron chi connectivity index (χ0n) is 22.0. The number of amides is 4. The van der Waals surface area contributed by atoms with Crippen LogP contribution in [0.4, 0.5) is 4.39 Å². The van der Waals surface area contributed by atoms with Gasteiger partial charge in [-0.3, -0.25) is 19.2 Å². The molecule has 8 nitrogen and oxygen atoms in total. The summed E-state index contributed by atoms with van der Waals surface area (Å²) in [5.74, 6) is -1.16. The van der Waals surface area contributed by atoms with Crippen molar-refractivity contribution in [3.8, 4) is 0 Å². The van der Waals surface area contributed by atoms with Crippen molar-refractivity contribution in [3.63, 3.8) is 0 Å². The summed E-state index contributed by atoms with van der Waals surface area (Å²) in [6.45, 7) is 3.81. The van der Waals surface area contributed by atoms with Crippen molar-refractivity contribution in [1.82, 2.24) is 21.3 Å². The SMILES string of the molecule is CSCCC(NC=O)C(=O)NC(CC(C)C)C(=O)NC(Cc1ccccc1)C(=O)NCc1ccccc1F. The summed E-state index contributed by atoms with van der Waals surface area (Å²) >= 11 is 1.54. The number of thioether (sulfide) groups is 1. The molecule has 0 heterocycles. The number of benzene rings is 2. The van der Waals surface area contributed by atoms with Gasteiger partial charge in [-0.15, -0.1) is 0 Å². The first-order valence-electron chi connectivity index (χ1n) is 12.6. The fourth-order valence-electron chi connectivity index (χ4n) is 3.86. The van der Waals surface area contributed by atoms with E-state index in [2.05, 4.69) is 21.3 Å². The summed E-state index contributed by atoms with van der Waals surface area (Å²) in [7, 11) is 0. The lowest BCUT2D eigenvalue weighted by molar-refractivity contribution is -0.133. The van der Waals surface area contributed by atoms with Crippen LogP contribution in [0.25, 0.3) is 0 Å². The Labute approximate surface area is 227 Å². The van der Waals surface area contributed by atoms with E-state index in [1.54, 1.807) is 30.0 Å². The van der Waals surface area contributed by atoms with Crippen LogP contribution in [-0.2, 0) is 32.1 Å². The molecule has 4 N–H and O–H groups in total. The van der Waals surface area contributed by atoms with Crippen molar-refractivity contribution in [2.75, 3.05) is 12.0 Å². The molecule has 2 aromatic rings. The Kier molecular flexibility index (Phi) is 13.3. The van der Waals surface area contributed by atoms with E-state index in [1.165, 1.54) is 6.07 Å². The Hall–Kier alpha value is -3.40. The lowest BCUT2D eigenvalue weighted by Crippen LogP contribution is -2.57. The maximum atomic E-state index is 14.1. The van der Waals surface area contributed by atoms with E-state index in [-0.39, 0.29) is 18.9 Å². The monoisotopic (exact) mass is 544 g/mol. The van der Waals surface area contributed by atoms with Crippen molar-refractivity contribution in [2.24, 2.45) is 5.92 Å². The van der Waals surface area contributed by atoms with Gasteiger partial charge in [-0.1, -0.05) is 62.4 Å². The molecule has 0 aromatic heterocycles. The highest BCUT2D eigenvalue weighted by molar-refractivity contribution is 7.98. The zero-order valence-corrected chi connectivity index (χ0v) is 22.9. The second kappa shape index (κ2) is 16.4. The quantitative estimate of drug-likeness (QED) is 0.243. The summed E-state index contributed by atoms with van der Waals surface area (Å²) in [5, 5.41) is 10.8. The van der Waals surface area contributed by atoms with Crippen molar-refractivity contribution in [3.05, 3.63) is 71.5 Å². The highest BCUT2D eigenvalue weighted by Gasteiger charge is 2.29. The normalized spacial score (nSPS) is 13.2. The highest BCUT2D eigenvalue weighted by Crippen LogP contribution is 2.10. The first kappa shape index (κ1) is 30.8. The van der Waals surface area contributed by atoms with Crippen LogP contribution in [0, 0.1) is 11.7 Å². The fraction of sp³-hybridized carbons (Fsp3) is 0.429. The minimum Gasteiger partial charge on any atom is -0.350 e.